The maximum atomic E-state index is 12.8. The fourth-order valence-corrected chi connectivity index (χ4v) is 5.89. The smallest absolute Gasteiger partial charge is 0.341 e. The molecule has 4 rings (SSSR count). The number of aromatic nitrogens is 3. The molecule has 2 aromatic heterocycles. The van der Waals surface area contributed by atoms with Crippen LogP contribution in [0.5, 0.6) is 5.75 Å². The van der Waals surface area contributed by atoms with Gasteiger partial charge in [0.2, 0.25) is 5.91 Å². The number of nitrogens with one attached hydrogen (secondary N) is 1. The van der Waals surface area contributed by atoms with Gasteiger partial charge in [0.05, 0.1) is 17.9 Å². The summed E-state index contributed by atoms with van der Waals surface area (Å²) in [6.07, 6.45) is 4.53. The second kappa shape index (κ2) is 11.5. The number of anilines is 1. The summed E-state index contributed by atoms with van der Waals surface area (Å²) in [4.78, 5) is 26.5. The number of benzene rings is 1. The van der Waals surface area contributed by atoms with E-state index in [9.17, 15) is 9.59 Å². The summed E-state index contributed by atoms with van der Waals surface area (Å²) in [6, 6.07) is 7.79. The number of rotatable bonds is 11. The van der Waals surface area contributed by atoms with Gasteiger partial charge in [-0.15, -0.1) is 28.1 Å². The number of thioether (sulfide) groups is 1. The molecule has 0 atom stereocenters. The molecule has 8 nitrogen and oxygen atoms in total. The molecule has 3 aromatic rings. The van der Waals surface area contributed by atoms with Gasteiger partial charge in [0.25, 0.3) is 0 Å². The number of amides is 1. The van der Waals surface area contributed by atoms with Crippen molar-refractivity contribution in [2.45, 2.75) is 51.4 Å². The first-order valence-corrected chi connectivity index (χ1v) is 13.3. The van der Waals surface area contributed by atoms with Crippen LogP contribution in [0.15, 0.2) is 42.1 Å². The molecule has 184 valence electrons. The van der Waals surface area contributed by atoms with E-state index in [4.69, 9.17) is 9.47 Å². The lowest BCUT2D eigenvalue weighted by molar-refractivity contribution is -0.113. The van der Waals surface area contributed by atoms with Crippen LogP contribution in [0.25, 0.3) is 0 Å². The van der Waals surface area contributed by atoms with Gasteiger partial charge < -0.3 is 14.8 Å². The standard InChI is InChI=1S/C25H28N4O4S2/c1-4-13-29-20(14-33-17-11-9-16(3)10-12-17)27-28-25(29)34-15-21(30)26-23-22(24(31)32-5-2)18-7-6-8-19(18)35-23/h4,9-12H,1,5-8,13-15H2,2-3H3,(H,26,30). The summed E-state index contributed by atoms with van der Waals surface area (Å²) in [5.74, 6) is 0.925. The molecule has 0 bridgehead atoms. The van der Waals surface area contributed by atoms with Crippen molar-refractivity contribution in [1.82, 2.24) is 14.8 Å². The van der Waals surface area contributed by atoms with Crippen molar-refractivity contribution in [1.29, 1.82) is 0 Å². The second-order valence-corrected chi connectivity index (χ2v) is 10.1. The van der Waals surface area contributed by atoms with Crippen molar-refractivity contribution in [3.8, 4) is 5.75 Å². The lowest BCUT2D eigenvalue weighted by Crippen LogP contribution is -2.17. The molecule has 1 aliphatic rings. The van der Waals surface area contributed by atoms with Gasteiger partial charge in [-0.25, -0.2) is 4.79 Å². The summed E-state index contributed by atoms with van der Waals surface area (Å²) >= 11 is 2.75. The highest BCUT2D eigenvalue weighted by Crippen LogP contribution is 2.39. The normalized spacial score (nSPS) is 12.3. The third kappa shape index (κ3) is 5.94. The Bertz CT molecular complexity index is 1220. The minimum Gasteiger partial charge on any atom is -0.486 e. The average Bonchev–Trinajstić information content (AvgIpc) is 3.53. The topological polar surface area (TPSA) is 95.3 Å². The van der Waals surface area contributed by atoms with Gasteiger partial charge in [-0.1, -0.05) is 35.5 Å². The average molecular weight is 513 g/mol. The van der Waals surface area contributed by atoms with Gasteiger partial charge in [0.15, 0.2) is 11.0 Å². The van der Waals surface area contributed by atoms with Gasteiger partial charge >= 0.3 is 5.97 Å². The van der Waals surface area contributed by atoms with Crippen LogP contribution in [0, 0.1) is 6.92 Å². The number of carbonyl (C=O) groups excluding carboxylic acids is 2. The molecule has 35 heavy (non-hydrogen) atoms. The Balaban J connectivity index is 1.40. The van der Waals surface area contributed by atoms with Crippen molar-refractivity contribution in [2.24, 2.45) is 0 Å². The number of nitrogens with zero attached hydrogens (tertiary/aromatic N) is 3. The zero-order valence-corrected chi connectivity index (χ0v) is 21.5. The minimum atomic E-state index is -0.376. The fraction of sp³-hybridized carbons (Fsp3) is 0.360. The number of hydrogen-bond acceptors (Lipinski definition) is 8. The molecule has 0 unspecified atom stereocenters. The molecule has 10 heteroatoms. The van der Waals surface area contributed by atoms with Gasteiger partial charge in [-0.05, 0) is 50.8 Å². The van der Waals surface area contributed by atoms with Crippen LogP contribution in [0.4, 0.5) is 5.00 Å². The van der Waals surface area contributed by atoms with Gasteiger partial charge in [0.1, 0.15) is 17.4 Å². The Hall–Kier alpha value is -3.11. The quantitative estimate of drug-likeness (QED) is 0.224. The first kappa shape index (κ1) is 25.0. The Labute approximate surface area is 212 Å². The number of thiophene rings is 1. The van der Waals surface area contributed by atoms with E-state index in [0.29, 0.717) is 34.7 Å². The summed E-state index contributed by atoms with van der Waals surface area (Å²) in [6.45, 7) is 8.65. The van der Waals surface area contributed by atoms with Gasteiger partial charge in [0, 0.05) is 11.4 Å². The summed E-state index contributed by atoms with van der Waals surface area (Å²) in [5.41, 5.74) is 2.68. The van der Waals surface area contributed by atoms with Crippen molar-refractivity contribution in [3.63, 3.8) is 0 Å². The Morgan fingerprint density at radius 1 is 1.26 bits per heavy atom. The molecule has 1 N–H and O–H groups in total. The predicted molar refractivity (Wildman–Crippen MR) is 137 cm³/mol. The van der Waals surface area contributed by atoms with Crippen LogP contribution >= 0.6 is 23.1 Å². The lowest BCUT2D eigenvalue weighted by Gasteiger charge is -2.10. The maximum absolute atomic E-state index is 12.8. The van der Waals surface area contributed by atoms with E-state index in [1.165, 1.54) is 23.1 Å². The number of allylic oxidation sites excluding steroid dienone is 1. The number of esters is 1. The van der Waals surface area contributed by atoms with E-state index >= 15 is 0 Å². The van der Waals surface area contributed by atoms with Crippen molar-refractivity contribution in [2.75, 3.05) is 17.7 Å². The van der Waals surface area contributed by atoms with E-state index in [1.807, 2.05) is 35.8 Å². The first-order valence-electron chi connectivity index (χ1n) is 11.5. The summed E-state index contributed by atoms with van der Waals surface area (Å²) in [5, 5.41) is 12.6. The highest BCUT2D eigenvalue weighted by atomic mass is 32.2. The highest BCUT2D eigenvalue weighted by molar-refractivity contribution is 7.99. The molecule has 1 aliphatic carbocycles. The SMILES string of the molecule is C=CCn1c(COc2ccc(C)cc2)nnc1SCC(=O)Nc1sc2c(c1C(=O)OCC)CCC2. The van der Waals surface area contributed by atoms with Crippen molar-refractivity contribution < 1.29 is 19.1 Å². The van der Waals surface area contributed by atoms with Gasteiger partial charge in [-0.2, -0.15) is 0 Å². The molecular formula is C25H28N4O4S2. The van der Waals surface area contributed by atoms with Crippen LogP contribution in [0.2, 0.25) is 0 Å². The maximum Gasteiger partial charge on any atom is 0.341 e. The third-order valence-electron chi connectivity index (χ3n) is 5.48. The second-order valence-electron chi connectivity index (χ2n) is 8.02. The molecular weight excluding hydrogens is 484 g/mol. The summed E-state index contributed by atoms with van der Waals surface area (Å²) < 4.78 is 13.0. The van der Waals surface area contributed by atoms with E-state index in [2.05, 4.69) is 22.1 Å². The molecule has 0 radical (unpaired) electrons. The van der Waals surface area contributed by atoms with Crippen LogP contribution < -0.4 is 10.1 Å². The van der Waals surface area contributed by atoms with E-state index in [0.717, 1.165) is 41.0 Å². The van der Waals surface area contributed by atoms with E-state index in [1.54, 1.807) is 13.0 Å². The van der Waals surface area contributed by atoms with Crippen molar-refractivity contribution in [3.05, 3.63) is 64.3 Å². The fourth-order valence-electron chi connectivity index (χ4n) is 3.83. The number of carbonyl (C=O) groups is 2. The first-order chi connectivity index (χ1) is 17.0. The summed E-state index contributed by atoms with van der Waals surface area (Å²) in [7, 11) is 0. The molecule has 2 heterocycles. The zero-order chi connectivity index (χ0) is 24.8. The number of aryl methyl sites for hydroxylation is 2. The number of hydrogen-bond donors (Lipinski definition) is 1. The number of ether oxygens (including phenoxy) is 2. The van der Waals surface area contributed by atoms with E-state index in [-0.39, 0.29) is 24.2 Å². The highest BCUT2D eigenvalue weighted by Gasteiger charge is 2.28. The van der Waals surface area contributed by atoms with Gasteiger partial charge in [-0.3, -0.25) is 9.36 Å². The largest absolute Gasteiger partial charge is 0.486 e. The molecule has 0 fully saturated rings. The molecule has 0 spiro atoms. The monoisotopic (exact) mass is 512 g/mol. The molecule has 1 amide bonds. The Kier molecular flexibility index (Phi) is 8.25. The zero-order valence-electron chi connectivity index (χ0n) is 19.8. The van der Waals surface area contributed by atoms with Crippen LogP contribution in [-0.2, 0) is 35.5 Å². The Morgan fingerprint density at radius 2 is 2.06 bits per heavy atom. The van der Waals surface area contributed by atoms with Crippen LogP contribution in [0.3, 0.4) is 0 Å². The molecule has 0 saturated carbocycles. The van der Waals surface area contributed by atoms with E-state index < -0.39 is 0 Å². The predicted octanol–water partition coefficient (Wildman–Crippen LogP) is 4.81. The minimum absolute atomic E-state index is 0.124. The number of fused-ring (bicyclic) bond motifs is 1. The Morgan fingerprint density at radius 3 is 2.80 bits per heavy atom. The molecule has 0 aliphatic heterocycles. The molecule has 1 aromatic carbocycles. The van der Waals surface area contributed by atoms with Crippen LogP contribution in [0.1, 0.15) is 45.5 Å². The third-order valence-corrected chi connectivity index (χ3v) is 7.65. The van der Waals surface area contributed by atoms with Crippen LogP contribution in [-0.4, -0.2) is 39.0 Å². The lowest BCUT2D eigenvalue weighted by atomic mass is 10.1. The van der Waals surface area contributed by atoms with Crippen molar-refractivity contribution >= 4 is 40.0 Å². The molecule has 0 saturated heterocycles.